The van der Waals surface area contributed by atoms with E-state index in [9.17, 15) is 0 Å². The quantitative estimate of drug-likeness (QED) is 0.754. The van der Waals surface area contributed by atoms with Crippen molar-refractivity contribution in [3.63, 3.8) is 0 Å². The van der Waals surface area contributed by atoms with Crippen LogP contribution in [0.15, 0.2) is 12.1 Å². The van der Waals surface area contributed by atoms with Crippen molar-refractivity contribution in [2.75, 3.05) is 7.11 Å². The minimum Gasteiger partial charge on any atom is -0.481 e. The van der Waals surface area contributed by atoms with E-state index >= 15 is 0 Å². The van der Waals surface area contributed by atoms with Gasteiger partial charge in [-0.3, -0.25) is 4.79 Å². The lowest BCUT2D eigenvalue weighted by Crippen LogP contribution is -1.96. The van der Waals surface area contributed by atoms with Gasteiger partial charge in [-0.15, -0.1) is 0 Å². The molecule has 0 saturated carbocycles. The first-order chi connectivity index (χ1) is 7.04. The maximum Gasteiger partial charge on any atom is 0.213 e. The molecule has 1 amide bonds. The highest BCUT2D eigenvalue weighted by atomic mass is 16.5. The number of pyridine rings is 1. The lowest BCUT2D eigenvalue weighted by atomic mass is 10.1. The number of aromatic nitrogens is 1. The van der Waals surface area contributed by atoms with E-state index < -0.39 is 0 Å². The number of ether oxygens (including phenoxy) is 1. The van der Waals surface area contributed by atoms with E-state index in [0.29, 0.717) is 11.8 Å². The predicted molar refractivity (Wildman–Crippen MR) is 59.9 cm³/mol. The Morgan fingerprint density at radius 2 is 2.00 bits per heavy atom. The van der Waals surface area contributed by atoms with E-state index in [-0.39, 0.29) is 6.41 Å². The summed E-state index contributed by atoms with van der Waals surface area (Å²) >= 11 is 0. The molecule has 0 aliphatic rings. The average Bonchev–Trinajstić information content (AvgIpc) is 2.18. The fourth-order valence-corrected chi connectivity index (χ4v) is 1.06. The SMILES string of the molecule is COc1cc(C)cc(C(C)C)n1.NC=O. The van der Waals surface area contributed by atoms with Crippen LogP contribution in [0.4, 0.5) is 0 Å². The molecule has 0 aliphatic carbocycles. The second-order valence-electron chi connectivity index (χ2n) is 3.40. The smallest absolute Gasteiger partial charge is 0.213 e. The molecule has 0 spiro atoms. The Bertz CT molecular complexity index is 311. The van der Waals surface area contributed by atoms with Gasteiger partial charge < -0.3 is 10.5 Å². The van der Waals surface area contributed by atoms with E-state index in [1.165, 1.54) is 5.56 Å². The highest BCUT2D eigenvalue weighted by molar-refractivity contribution is 5.42. The number of hydrogen-bond acceptors (Lipinski definition) is 3. The number of methoxy groups -OCH3 is 1. The van der Waals surface area contributed by atoms with Gasteiger partial charge in [-0.2, -0.15) is 0 Å². The van der Waals surface area contributed by atoms with Gasteiger partial charge in [0.25, 0.3) is 0 Å². The Morgan fingerprint density at radius 1 is 1.47 bits per heavy atom. The summed E-state index contributed by atoms with van der Waals surface area (Å²) in [7, 11) is 1.64. The Labute approximate surface area is 90.5 Å². The largest absolute Gasteiger partial charge is 0.481 e. The number of hydrogen-bond donors (Lipinski definition) is 1. The van der Waals surface area contributed by atoms with E-state index in [4.69, 9.17) is 9.53 Å². The third-order valence-electron chi connectivity index (χ3n) is 1.77. The van der Waals surface area contributed by atoms with Crippen molar-refractivity contribution in [1.82, 2.24) is 4.98 Å². The number of rotatable bonds is 2. The van der Waals surface area contributed by atoms with Crippen molar-refractivity contribution < 1.29 is 9.53 Å². The number of primary amides is 1. The highest BCUT2D eigenvalue weighted by Gasteiger charge is 2.03. The second-order valence-corrected chi connectivity index (χ2v) is 3.40. The van der Waals surface area contributed by atoms with Gasteiger partial charge >= 0.3 is 0 Å². The van der Waals surface area contributed by atoms with Crippen LogP contribution in [0.5, 0.6) is 5.88 Å². The number of aryl methyl sites for hydroxylation is 1. The molecule has 4 heteroatoms. The van der Waals surface area contributed by atoms with Gasteiger partial charge in [-0.05, 0) is 24.5 Å². The molecule has 0 aromatic carbocycles. The summed E-state index contributed by atoms with van der Waals surface area (Å²) < 4.78 is 5.07. The summed E-state index contributed by atoms with van der Waals surface area (Å²) in [6, 6.07) is 4.03. The first-order valence-electron chi connectivity index (χ1n) is 4.73. The predicted octanol–water partition coefficient (Wildman–Crippen LogP) is 1.62. The maximum absolute atomic E-state index is 8.58. The molecule has 0 aliphatic heterocycles. The summed E-state index contributed by atoms with van der Waals surface area (Å²) in [5.74, 6) is 1.16. The van der Waals surface area contributed by atoms with E-state index in [1.54, 1.807) is 7.11 Å². The lowest BCUT2D eigenvalue weighted by Gasteiger charge is -2.07. The topological polar surface area (TPSA) is 65.2 Å². The number of nitrogens with zero attached hydrogens (tertiary/aromatic N) is 1. The number of amides is 1. The monoisotopic (exact) mass is 210 g/mol. The zero-order valence-electron chi connectivity index (χ0n) is 9.65. The number of nitrogens with two attached hydrogens (primary N) is 1. The van der Waals surface area contributed by atoms with Gasteiger partial charge in [0.2, 0.25) is 12.3 Å². The van der Waals surface area contributed by atoms with Gasteiger partial charge in [-0.25, -0.2) is 4.98 Å². The molecule has 0 saturated heterocycles. The molecule has 0 bridgehead atoms. The summed E-state index contributed by atoms with van der Waals surface area (Å²) in [6.45, 7) is 6.30. The number of carbonyl (C=O) groups excluding carboxylic acids is 1. The summed E-state index contributed by atoms with van der Waals surface area (Å²) in [4.78, 5) is 12.9. The zero-order valence-corrected chi connectivity index (χ0v) is 9.65. The summed E-state index contributed by atoms with van der Waals surface area (Å²) in [6.07, 6.45) is 0.250. The van der Waals surface area contributed by atoms with Crippen LogP contribution in [0.2, 0.25) is 0 Å². The van der Waals surface area contributed by atoms with E-state index in [1.807, 2.05) is 6.07 Å². The van der Waals surface area contributed by atoms with E-state index in [0.717, 1.165) is 5.69 Å². The fourth-order valence-electron chi connectivity index (χ4n) is 1.06. The van der Waals surface area contributed by atoms with Crippen molar-refractivity contribution in [3.8, 4) is 5.88 Å². The fraction of sp³-hybridized carbons (Fsp3) is 0.455. The van der Waals surface area contributed by atoms with Crippen molar-refractivity contribution in [3.05, 3.63) is 23.4 Å². The van der Waals surface area contributed by atoms with E-state index in [2.05, 4.69) is 37.6 Å². The molecule has 1 heterocycles. The molecule has 1 rings (SSSR count). The molecule has 0 unspecified atom stereocenters. The van der Waals surface area contributed by atoms with Crippen molar-refractivity contribution in [2.24, 2.45) is 5.73 Å². The first-order valence-corrected chi connectivity index (χ1v) is 4.73. The number of carbonyl (C=O) groups is 1. The second kappa shape index (κ2) is 6.81. The van der Waals surface area contributed by atoms with Crippen LogP contribution in [-0.4, -0.2) is 18.5 Å². The third kappa shape index (κ3) is 5.00. The van der Waals surface area contributed by atoms with Gasteiger partial charge in [0, 0.05) is 11.8 Å². The Balaban J connectivity index is 0.000000583. The van der Waals surface area contributed by atoms with Gasteiger partial charge in [0.15, 0.2) is 0 Å². The lowest BCUT2D eigenvalue weighted by molar-refractivity contribution is -0.106. The highest BCUT2D eigenvalue weighted by Crippen LogP contribution is 2.17. The van der Waals surface area contributed by atoms with Gasteiger partial charge in [-0.1, -0.05) is 13.8 Å². The van der Waals surface area contributed by atoms with Crippen LogP contribution < -0.4 is 10.5 Å². The van der Waals surface area contributed by atoms with Crippen molar-refractivity contribution in [1.29, 1.82) is 0 Å². The molecule has 84 valence electrons. The Hall–Kier alpha value is -1.58. The van der Waals surface area contributed by atoms with Crippen LogP contribution in [0.3, 0.4) is 0 Å². The molecule has 4 nitrogen and oxygen atoms in total. The standard InChI is InChI=1S/C10H15NO.CH3NO/c1-7(2)9-5-8(3)6-10(11-9)12-4;2-1-3/h5-7H,1-4H3;1H,(H2,2,3). The minimum atomic E-state index is 0.250. The minimum absolute atomic E-state index is 0.250. The molecular weight excluding hydrogens is 192 g/mol. The van der Waals surface area contributed by atoms with Crippen molar-refractivity contribution in [2.45, 2.75) is 26.7 Å². The maximum atomic E-state index is 8.58. The molecule has 1 aromatic heterocycles. The molecule has 0 atom stereocenters. The molecule has 15 heavy (non-hydrogen) atoms. The van der Waals surface area contributed by atoms with Crippen LogP contribution in [0.25, 0.3) is 0 Å². The summed E-state index contributed by atoms with van der Waals surface area (Å²) in [5, 5.41) is 0. The van der Waals surface area contributed by atoms with Crippen LogP contribution in [0.1, 0.15) is 31.0 Å². The molecular formula is C11H18N2O2. The Kier molecular flexibility index (Phi) is 6.09. The summed E-state index contributed by atoms with van der Waals surface area (Å²) in [5.41, 5.74) is 6.46. The van der Waals surface area contributed by atoms with Crippen LogP contribution in [-0.2, 0) is 4.79 Å². The molecule has 2 N–H and O–H groups in total. The Morgan fingerprint density at radius 3 is 2.40 bits per heavy atom. The van der Waals surface area contributed by atoms with Gasteiger partial charge in [0.05, 0.1) is 7.11 Å². The molecule has 1 aromatic rings. The zero-order chi connectivity index (χ0) is 11.8. The normalized spacial score (nSPS) is 9.13. The van der Waals surface area contributed by atoms with Crippen LogP contribution >= 0.6 is 0 Å². The third-order valence-corrected chi connectivity index (χ3v) is 1.77. The molecule has 0 radical (unpaired) electrons. The van der Waals surface area contributed by atoms with Gasteiger partial charge in [0.1, 0.15) is 0 Å². The van der Waals surface area contributed by atoms with Crippen molar-refractivity contribution >= 4 is 6.41 Å². The average molecular weight is 210 g/mol. The first kappa shape index (κ1) is 13.4. The molecule has 0 fully saturated rings. The van der Waals surface area contributed by atoms with Crippen LogP contribution in [0, 0.1) is 6.92 Å².